The van der Waals surface area contributed by atoms with Gasteiger partial charge in [-0.25, -0.2) is 4.68 Å². The molecule has 1 aliphatic rings. The van der Waals surface area contributed by atoms with Gasteiger partial charge >= 0.3 is 0 Å². The van der Waals surface area contributed by atoms with Crippen LogP contribution in [0.2, 0.25) is 0 Å². The molecule has 5 nitrogen and oxygen atoms in total. The maximum absolute atomic E-state index is 12.1. The standard InChI is InChI=1S/C13H21N3O2S/c1-15(2)11-7-12(17)16(14-8-11)9-13(10-19)3-5-18-6-4-13/h7-8,19H,3-6,9-10H2,1-2H3. The Morgan fingerprint density at radius 3 is 2.68 bits per heavy atom. The summed E-state index contributed by atoms with van der Waals surface area (Å²) in [5, 5.41) is 4.27. The van der Waals surface area contributed by atoms with E-state index < -0.39 is 0 Å². The highest BCUT2D eigenvalue weighted by Gasteiger charge is 2.32. The normalized spacial score (nSPS) is 18.3. The van der Waals surface area contributed by atoms with Crippen molar-refractivity contribution in [1.82, 2.24) is 9.78 Å². The lowest BCUT2D eigenvalue weighted by molar-refractivity contribution is 0.0158. The lowest BCUT2D eigenvalue weighted by Crippen LogP contribution is -2.39. The third-order valence-corrected chi connectivity index (χ3v) is 4.42. The molecule has 0 N–H and O–H groups in total. The van der Waals surface area contributed by atoms with Gasteiger partial charge in [-0.1, -0.05) is 0 Å². The molecule has 6 heteroatoms. The average molecular weight is 283 g/mol. The van der Waals surface area contributed by atoms with Crippen LogP contribution in [-0.2, 0) is 11.3 Å². The molecule has 0 saturated carbocycles. The van der Waals surface area contributed by atoms with E-state index in [9.17, 15) is 4.79 Å². The first-order valence-corrected chi connectivity index (χ1v) is 7.13. The maximum atomic E-state index is 12.1. The summed E-state index contributed by atoms with van der Waals surface area (Å²) in [4.78, 5) is 14.0. The first-order valence-electron chi connectivity index (χ1n) is 6.49. The van der Waals surface area contributed by atoms with Crippen molar-refractivity contribution in [3.8, 4) is 0 Å². The molecule has 0 amide bonds. The van der Waals surface area contributed by atoms with Crippen LogP contribution in [0.3, 0.4) is 0 Å². The Balaban J connectivity index is 2.20. The monoisotopic (exact) mass is 283 g/mol. The van der Waals surface area contributed by atoms with Gasteiger partial charge in [-0.15, -0.1) is 0 Å². The van der Waals surface area contributed by atoms with Gasteiger partial charge in [-0.05, 0) is 18.6 Å². The molecule has 19 heavy (non-hydrogen) atoms. The fraction of sp³-hybridized carbons (Fsp3) is 0.692. The van der Waals surface area contributed by atoms with Crippen molar-refractivity contribution in [3.63, 3.8) is 0 Å². The summed E-state index contributed by atoms with van der Waals surface area (Å²) < 4.78 is 6.95. The highest BCUT2D eigenvalue weighted by molar-refractivity contribution is 7.80. The molecule has 1 aromatic heterocycles. The minimum absolute atomic E-state index is 0.0256. The van der Waals surface area contributed by atoms with Gasteiger partial charge in [-0.2, -0.15) is 17.7 Å². The Bertz CT molecular complexity index is 481. The van der Waals surface area contributed by atoms with Crippen LogP contribution < -0.4 is 10.5 Å². The third-order valence-electron chi connectivity index (χ3n) is 3.75. The summed E-state index contributed by atoms with van der Waals surface area (Å²) >= 11 is 4.46. The second-order valence-corrected chi connectivity index (χ2v) is 5.69. The molecule has 1 fully saturated rings. The first kappa shape index (κ1) is 14.4. The van der Waals surface area contributed by atoms with Gasteiger partial charge in [0.1, 0.15) is 0 Å². The number of aromatic nitrogens is 2. The molecule has 0 aromatic carbocycles. The van der Waals surface area contributed by atoms with Crippen LogP contribution >= 0.6 is 12.6 Å². The van der Waals surface area contributed by atoms with Gasteiger partial charge < -0.3 is 9.64 Å². The van der Waals surface area contributed by atoms with E-state index in [1.54, 1.807) is 16.9 Å². The van der Waals surface area contributed by atoms with Crippen LogP contribution in [0, 0.1) is 5.41 Å². The van der Waals surface area contributed by atoms with E-state index >= 15 is 0 Å². The molecule has 2 rings (SSSR count). The van der Waals surface area contributed by atoms with E-state index in [2.05, 4.69) is 17.7 Å². The SMILES string of the molecule is CN(C)c1cnn(CC2(CS)CCOCC2)c(=O)c1. The molecule has 0 atom stereocenters. The van der Waals surface area contributed by atoms with Crippen molar-refractivity contribution in [2.24, 2.45) is 5.41 Å². The van der Waals surface area contributed by atoms with E-state index in [1.807, 2.05) is 19.0 Å². The number of hydrogen-bond acceptors (Lipinski definition) is 5. The molecule has 1 saturated heterocycles. The van der Waals surface area contributed by atoms with Gasteiger partial charge in [0, 0.05) is 38.8 Å². The van der Waals surface area contributed by atoms with E-state index in [0.717, 1.165) is 37.5 Å². The quantitative estimate of drug-likeness (QED) is 0.839. The summed E-state index contributed by atoms with van der Waals surface area (Å²) in [7, 11) is 3.79. The summed E-state index contributed by atoms with van der Waals surface area (Å²) in [6, 6.07) is 1.62. The van der Waals surface area contributed by atoms with Crippen molar-refractivity contribution in [2.45, 2.75) is 19.4 Å². The van der Waals surface area contributed by atoms with E-state index in [0.29, 0.717) is 6.54 Å². The van der Waals surface area contributed by atoms with Crippen molar-refractivity contribution < 1.29 is 4.74 Å². The summed E-state index contributed by atoms with van der Waals surface area (Å²) in [6.45, 7) is 2.10. The summed E-state index contributed by atoms with van der Waals surface area (Å²) in [5.74, 6) is 0.750. The molecule has 1 aromatic rings. The fourth-order valence-corrected chi connectivity index (χ4v) is 2.69. The first-order chi connectivity index (χ1) is 9.06. The molecule has 0 radical (unpaired) electrons. The fourth-order valence-electron chi connectivity index (χ4n) is 2.28. The average Bonchev–Trinajstić information content (AvgIpc) is 2.42. The molecule has 2 heterocycles. The number of rotatable bonds is 4. The predicted octanol–water partition coefficient (Wildman–Crippen LogP) is 1.04. The topological polar surface area (TPSA) is 47.4 Å². The number of ether oxygens (including phenoxy) is 1. The van der Waals surface area contributed by atoms with Crippen LogP contribution in [-0.4, -0.2) is 42.8 Å². The molecule has 0 spiro atoms. The molecule has 0 aliphatic carbocycles. The van der Waals surface area contributed by atoms with E-state index in [1.165, 1.54) is 0 Å². The lowest BCUT2D eigenvalue weighted by Gasteiger charge is -2.35. The second kappa shape index (κ2) is 5.96. The van der Waals surface area contributed by atoms with Crippen molar-refractivity contribution in [2.75, 3.05) is 38.0 Å². The zero-order chi connectivity index (χ0) is 13.9. The van der Waals surface area contributed by atoms with Crippen LogP contribution in [0.4, 0.5) is 5.69 Å². The molecular formula is C13H21N3O2S. The molecule has 1 aliphatic heterocycles. The van der Waals surface area contributed by atoms with Crippen molar-refractivity contribution >= 4 is 18.3 Å². The third kappa shape index (κ3) is 3.30. The van der Waals surface area contributed by atoms with Crippen molar-refractivity contribution in [1.29, 1.82) is 0 Å². The minimum atomic E-state index is -0.0566. The van der Waals surface area contributed by atoms with E-state index in [-0.39, 0.29) is 11.0 Å². The Labute approximate surface area is 119 Å². The lowest BCUT2D eigenvalue weighted by atomic mass is 9.82. The van der Waals surface area contributed by atoms with E-state index in [4.69, 9.17) is 4.74 Å². The predicted molar refractivity (Wildman–Crippen MR) is 79.2 cm³/mol. The van der Waals surface area contributed by atoms with Gasteiger partial charge in [-0.3, -0.25) is 4.79 Å². The number of thiol groups is 1. The molecular weight excluding hydrogens is 262 g/mol. The van der Waals surface area contributed by atoms with Gasteiger partial charge in [0.25, 0.3) is 5.56 Å². The van der Waals surface area contributed by atoms with Gasteiger partial charge in [0.2, 0.25) is 0 Å². The summed E-state index contributed by atoms with van der Waals surface area (Å²) in [6.07, 6.45) is 3.59. The Hall–Kier alpha value is -1.01. The molecule has 0 unspecified atom stereocenters. The van der Waals surface area contributed by atoms with Gasteiger partial charge in [0.05, 0.1) is 18.4 Å². The van der Waals surface area contributed by atoms with Crippen LogP contribution in [0.5, 0.6) is 0 Å². The van der Waals surface area contributed by atoms with Crippen molar-refractivity contribution in [3.05, 3.63) is 22.6 Å². The Kier molecular flexibility index (Phi) is 4.52. The van der Waals surface area contributed by atoms with Crippen LogP contribution in [0.25, 0.3) is 0 Å². The Morgan fingerprint density at radius 2 is 2.16 bits per heavy atom. The summed E-state index contributed by atoms with van der Waals surface area (Å²) in [5.41, 5.74) is 0.796. The highest BCUT2D eigenvalue weighted by Crippen LogP contribution is 2.33. The molecule has 106 valence electrons. The Morgan fingerprint density at radius 1 is 1.47 bits per heavy atom. The number of hydrogen-bond donors (Lipinski definition) is 1. The zero-order valence-electron chi connectivity index (χ0n) is 11.5. The van der Waals surface area contributed by atoms with Gasteiger partial charge in [0.15, 0.2) is 0 Å². The van der Waals surface area contributed by atoms with Crippen LogP contribution in [0.15, 0.2) is 17.1 Å². The second-order valence-electron chi connectivity index (χ2n) is 5.37. The smallest absolute Gasteiger partial charge is 0.268 e. The van der Waals surface area contributed by atoms with Crippen LogP contribution in [0.1, 0.15) is 12.8 Å². The zero-order valence-corrected chi connectivity index (χ0v) is 12.4. The maximum Gasteiger partial charge on any atom is 0.268 e. The largest absolute Gasteiger partial charge is 0.381 e. The number of anilines is 1. The number of nitrogens with zero attached hydrogens (tertiary/aromatic N) is 3. The minimum Gasteiger partial charge on any atom is -0.381 e. The highest BCUT2D eigenvalue weighted by atomic mass is 32.1. The molecule has 0 bridgehead atoms.